The Kier molecular flexibility index (Phi) is 6.07. The van der Waals surface area contributed by atoms with Crippen LogP contribution in [0, 0.1) is 0 Å². The standard InChI is InChI=1S/C20H26N4O2/c1-3-15(2)22-19-9-8-16(14-21-19)20(25)23-17-6-4-5-7-18(17)24-10-12-26-13-11-24/h4-9,14-15H,3,10-13H2,1-2H3,(H,21,22)(H,23,25). The van der Waals surface area contributed by atoms with Gasteiger partial charge < -0.3 is 20.3 Å². The lowest BCUT2D eigenvalue weighted by Gasteiger charge is -2.30. The summed E-state index contributed by atoms with van der Waals surface area (Å²) < 4.78 is 5.41. The van der Waals surface area contributed by atoms with Gasteiger partial charge in [0.25, 0.3) is 5.91 Å². The van der Waals surface area contributed by atoms with E-state index >= 15 is 0 Å². The number of rotatable bonds is 6. The lowest BCUT2D eigenvalue weighted by Crippen LogP contribution is -2.36. The Morgan fingerprint density at radius 1 is 1.23 bits per heavy atom. The van der Waals surface area contributed by atoms with Crippen LogP contribution in [0.1, 0.15) is 30.6 Å². The summed E-state index contributed by atoms with van der Waals surface area (Å²) in [6, 6.07) is 11.9. The fourth-order valence-electron chi connectivity index (χ4n) is 2.82. The molecule has 0 aliphatic carbocycles. The number of carbonyl (C=O) groups is 1. The molecule has 2 heterocycles. The quantitative estimate of drug-likeness (QED) is 0.832. The first-order valence-electron chi connectivity index (χ1n) is 9.13. The van der Waals surface area contributed by atoms with Crippen molar-refractivity contribution in [3.05, 3.63) is 48.2 Å². The summed E-state index contributed by atoms with van der Waals surface area (Å²) in [5, 5.41) is 6.31. The van der Waals surface area contributed by atoms with Gasteiger partial charge in [0.1, 0.15) is 5.82 Å². The summed E-state index contributed by atoms with van der Waals surface area (Å²) in [7, 11) is 0. The maximum atomic E-state index is 12.6. The van der Waals surface area contributed by atoms with Crippen molar-refractivity contribution >= 4 is 23.1 Å². The van der Waals surface area contributed by atoms with E-state index < -0.39 is 0 Å². The van der Waals surface area contributed by atoms with Crippen molar-refractivity contribution in [1.29, 1.82) is 0 Å². The van der Waals surface area contributed by atoms with Crippen molar-refractivity contribution in [3.8, 4) is 0 Å². The third-order valence-electron chi connectivity index (χ3n) is 4.54. The molecule has 6 heteroatoms. The molecule has 1 atom stereocenters. The lowest BCUT2D eigenvalue weighted by molar-refractivity contribution is 0.102. The van der Waals surface area contributed by atoms with Crippen LogP contribution in [-0.4, -0.2) is 43.2 Å². The highest BCUT2D eigenvalue weighted by Crippen LogP contribution is 2.26. The van der Waals surface area contributed by atoms with Gasteiger partial charge in [-0.05, 0) is 37.6 Å². The first kappa shape index (κ1) is 18.2. The molecule has 0 spiro atoms. The van der Waals surface area contributed by atoms with E-state index in [-0.39, 0.29) is 5.91 Å². The van der Waals surface area contributed by atoms with Gasteiger partial charge in [-0.15, -0.1) is 0 Å². The molecular weight excluding hydrogens is 328 g/mol. The number of pyridine rings is 1. The van der Waals surface area contributed by atoms with E-state index in [1.54, 1.807) is 12.3 Å². The van der Waals surface area contributed by atoms with Crippen LogP contribution < -0.4 is 15.5 Å². The second-order valence-corrected chi connectivity index (χ2v) is 6.46. The summed E-state index contributed by atoms with van der Waals surface area (Å²) in [6.45, 7) is 7.28. The number of anilines is 3. The average Bonchev–Trinajstić information content (AvgIpc) is 2.69. The van der Waals surface area contributed by atoms with Gasteiger partial charge in [0, 0.05) is 25.3 Å². The van der Waals surface area contributed by atoms with Crippen LogP contribution in [0.5, 0.6) is 0 Å². The second kappa shape index (κ2) is 8.67. The van der Waals surface area contributed by atoms with Crippen LogP contribution in [-0.2, 0) is 4.74 Å². The Morgan fingerprint density at radius 2 is 2.00 bits per heavy atom. The SMILES string of the molecule is CCC(C)Nc1ccc(C(=O)Nc2ccccc2N2CCOCC2)cn1. The maximum Gasteiger partial charge on any atom is 0.257 e. The number of hydrogen-bond donors (Lipinski definition) is 2. The Morgan fingerprint density at radius 3 is 2.69 bits per heavy atom. The van der Waals surface area contributed by atoms with Gasteiger partial charge in [-0.3, -0.25) is 4.79 Å². The molecule has 1 aromatic carbocycles. The zero-order valence-corrected chi connectivity index (χ0v) is 15.4. The van der Waals surface area contributed by atoms with Crippen LogP contribution in [0.15, 0.2) is 42.6 Å². The number of hydrogen-bond acceptors (Lipinski definition) is 5. The van der Waals surface area contributed by atoms with E-state index in [0.717, 1.165) is 36.7 Å². The predicted molar refractivity (Wildman–Crippen MR) is 105 cm³/mol. The zero-order valence-electron chi connectivity index (χ0n) is 15.4. The smallest absolute Gasteiger partial charge is 0.257 e. The van der Waals surface area contributed by atoms with Crippen molar-refractivity contribution in [2.75, 3.05) is 41.8 Å². The van der Waals surface area contributed by atoms with Gasteiger partial charge >= 0.3 is 0 Å². The molecule has 0 bridgehead atoms. The molecule has 2 N–H and O–H groups in total. The number of nitrogens with one attached hydrogen (secondary N) is 2. The summed E-state index contributed by atoms with van der Waals surface area (Å²) in [6.07, 6.45) is 2.62. The lowest BCUT2D eigenvalue weighted by atomic mass is 10.2. The van der Waals surface area contributed by atoms with E-state index in [1.807, 2.05) is 30.3 Å². The van der Waals surface area contributed by atoms with Crippen molar-refractivity contribution in [2.24, 2.45) is 0 Å². The van der Waals surface area contributed by atoms with Crippen LogP contribution in [0.25, 0.3) is 0 Å². The fraction of sp³-hybridized carbons (Fsp3) is 0.400. The minimum atomic E-state index is -0.159. The number of ether oxygens (including phenoxy) is 1. The molecule has 0 radical (unpaired) electrons. The van der Waals surface area contributed by atoms with E-state index in [4.69, 9.17) is 4.74 Å². The van der Waals surface area contributed by atoms with Crippen molar-refractivity contribution in [1.82, 2.24) is 4.98 Å². The van der Waals surface area contributed by atoms with Crippen LogP contribution >= 0.6 is 0 Å². The molecule has 1 aromatic heterocycles. The van der Waals surface area contributed by atoms with Gasteiger partial charge in [-0.25, -0.2) is 4.98 Å². The summed E-state index contributed by atoms with van der Waals surface area (Å²) in [4.78, 5) is 19.2. The first-order chi connectivity index (χ1) is 12.7. The molecule has 1 unspecified atom stereocenters. The van der Waals surface area contributed by atoms with Crippen molar-refractivity contribution in [2.45, 2.75) is 26.3 Å². The highest BCUT2D eigenvalue weighted by Gasteiger charge is 2.16. The highest BCUT2D eigenvalue weighted by atomic mass is 16.5. The fourth-order valence-corrected chi connectivity index (χ4v) is 2.82. The topological polar surface area (TPSA) is 66.5 Å². The highest BCUT2D eigenvalue weighted by molar-refractivity contribution is 6.05. The van der Waals surface area contributed by atoms with E-state index in [9.17, 15) is 4.79 Å². The predicted octanol–water partition coefficient (Wildman–Crippen LogP) is 3.38. The molecule has 1 fully saturated rings. The first-order valence-corrected chi connectivity index (χ1v) is 9.13. The number of morpholine rings is 1. The van der Waals surface area contributed by atoms with Crippen molar-refractivity contribution in [3.63, 3.8) is 0 Å². The largest absolute Gasteiger partial charge is 0.378 e. The monoisotopic (exact) mass is 354 g/mol. The zero-order chi connectivity index (χ0) is 18.4. The minimum absolute atomic E-state index is 0.159. The van der Waals surface area contributed by atoms with Gasteiger partial charge in [-0.2, -0.15) is 0 Å². The molecule has 1 saturated heterocycles. The van der Waals surface area contributed by atoms with Crippen LogP contribution in [0.2, 0.25) is 0 Å². The van der Waals surface area contributed by atoms with Gasteiger partial charge in [0.05, 0.1) is 30.2 Å². The molecule has 1 aliphatic heterocycles. The Balaban J connectivity index is 1.70. The Labute approximate surface area is 154 Å². The number of carbonyl (C=O) groups excluding carboxylic acids is 1. The van der Waals surface area contributed by atoms with Gasteiger partial charge in [-0.1, -0.05) is 19.1 Å². The molecule has 1 aliphatic rings. The number of aromatic nitrogens is 1. The van der Waals surface area contributed by atoms with Crippen LogP contribution in [0.4, 0.5) is 17.2 Å². The van der Waals surface area contributed by atoms with Gasteiger partial charge in [0.15, 0.2) is 0 Å². The third-order valence-corrected chi connectivity index (χ3v) is 4.54. The number of amides is 1. The molecule has 3 rings (SSSR count). The summed E-state index contributed by atoms with van der Waals surface area (Å²) >= 11 is 0. The van der Waals surface area contributed by atoms with E-state index in [0.29, 0.717) is 24.8 Å². The number of nitrogens with zero attached hydrogens (tertiary/aromatic N) is 2. The third kappa shape index (κ3) is 4.52. The normalized spacial score (nSPS) is 15.4. The average molecular weight is 354 g/mol. The summed E-state index contributed by atoms with van der Waals surface area (Å²) in [5.41, 5.74) is 2.37. The molecule has 6 nitrogen and oxygen atoms in total. The molecule has 26 heavy (non-hydrogen) atoms. The number of benzene rings is 1. The second-order valence-electron chi connectivity index (χ2n) is 6.46. The molecule has 2 aromatic rings. The van der Waals surface area contributed by atoms with E-state index in [1.165, 1.54) is 0 Å². The maximum absolute atomic E-state index is 12.6. The molecule has 1 amide bonds. The van der Waals surface area contributed by atoms with Crippen LogP contribution in [0.3, 0.4) is 0 Å². The van der Waals surface area contributed by atoms with Gasteiger partial charge in [0.2, 0.25) is 0 Å². The molecule has 0 saturated carbocycles. The summed E-state index contributed by atoms with van der Waals surface area (Å²) in [5.74, 6) is 0.623. The minimum Gasteiger partial charge on any atom is -0.378 e. The molecular formula is C20H26N4O2. The van der Waals surface area contributed by atoms with Crippen molar-refractivity contribution < 1.29 is 9.53 Å². The number of para-hydroxylation sites is 2. The van der Waals surface area contributed by atoms with E-state index in [2.05, 4.69) is 34.4 Å². The Hall–Kier alpha value is -2.60. The molecule has 138 valence electrons. The Bertz CT molecular complexity index is 727.